The van der Waals surface area contributed by atoms with Crippen LogP contribution in [0, 0.1) is 17.3 Å². The van der Waals surface area contributed by atoms with Crippen molar-refractivity contribution in [2.24, 2.45) is 17.3 Å². The van der Waals surface area contributed by atoms with Crippen LogP contribution in [0.1, 0.15) is 51.9 Å². The van der Waals surface area contributed by atoms with Gasteiger partial charge in [0.2, 0.25) is 5.91 Å². The van der Waals surface area contributed by atoms with Crippen LogP contribution in [0.15, 0.2) is 0 Å². The van der Waals surface area contributed by atoms with E-state index >= 15 is 0 Å². The van der Waals surface area contributed by atoms with Gasteiger partial charge in [-0.15, -0.1) is 0 Å². The molecule has 3 aliphatic rings. The van der Waals surface area contributed by atoms with Gasteiger partial charge in [0.05, 0.1) is 0 Å². The SMILES string of the molecule is CC1CCC(CC(=O)N2CCC3(CCNC3)CC2)C1. The van der Waals surface area contributed by atoms with Crippen LogP contribution in [0.5, 0.6) is 0 Å². The summed E-state index contributed by atoms with van der Waals surface area (Å²) < 4.78 is 0. The van der Waals surface area contributed by atoms with Gasteiger partial charge in [-0.3, -0.25) is 4.79 Å². The number of amides is 1. The fourth-order valence-electron chi connectivity index (χ4n) is 4.34. The minimum absolute atomic E-state index is 0.430. The lowest BCUT2D eigenvalue weighted by Gasteiger charge is -2.39. The maximum atomic E-state index is 12.4. The van der Waals surface area contributed by atoms with Crippen LogP contribution in [0.4, 0.5) is 0 Å². The molecular weight excluding hydrogens is 236 g/mol. The fraction of sp³-hybridized carbons (Fsp3) is 0.938. The van der Waals surface area contributed by atoms with E-state index in [9.17, 15) is 4.79 Å². The Balaban J connectivity index is 1.46. The predicted molar refractivity (Wildman–Crippen MR) is 76.9 cm³/mol. The maximum Gasteiger partial charge on any atom is 0.222 e. The molecule has 0 aromatic heterocycles. The zero-order valence-electron chi connectivity index (χ0n) is 12.3. The van der Waals surface area contributed by atoms with Gasteiger partial charge in [-0.1, -0.05) is 13.3 Å². The van der Waals surface area contributed by atoms with Gasteiger partial charge in [0.1, 0.15) is 0 Å². The Morgan fingerprint density at radius 3 is 2.63 bits per heavy atom. The van der Waals surface area contributed by atoms with E-state index in [4.69, 9.17) is 0 Å². The highest BCUT2D eigenvalue weighted by Gasteiger charge is 2.38. The number of carbonyl (C=O) groups is 1. The lowest BCUT2D eigenvalue weighted by Crippen LogP contribution is -2.44. The van der Waals surface area contributed by atoms with E-state index in [2.05, 4.69) is 17.1 Å². The minimum Gasteiger partial charge on any atom is -0.343 e. The summed E-state index contributed by atoms with van der Waals surface area (Å²) in [6.45, 7) is 6.68. The second-order valence-electron chi connectivity index (χ2n) is 7.30. The van der Waals surface area contributed by atoms with Crippen molar-refractivity contribution in [2.75, 3.05) is 26.2 Å². The number of carbonyl (C=O) groups excluding carboxylic acids is 1. The van der Waals surface area contributed by atoms with E-state index in [-0.39, 0.29) is 0 Å². The average Bonchev–Trinajstić information content (AvgIpc) is 3.00. The highest BCUT2D eigenvalue weighted by Crippen LogP contribution is 2.38. The van der Waals surface area contributed by atoms with Gasteiger partial charge < -0.3 is 10.2 Å². The largest absolute Gasteiger partial charge is 0.343 e. The molecule has 3 nitrogen and oxygen atoms in total. The first kappa shape index (κ1) is 13.4. The molecule has 0 bridgehead atoms. The molecule has 1 aliphatic carbocycles. The van der Waals surface area contributed by atoms with Crippen molar-refractivity contribution in [2.45, 2.75) is 51.9 Å². The lowest BCUT2D eigenvalue weighted by atomic mass is 9.77. The normalized spacial score (nSPS) is 34.1. The summed E-state index contributed by atoms with van der Waals surface area (Å²) in [5.74, 6) is 1.94. The Bertz CT molecular complexity index is 326. The smallest absolute Gasteiger partial charge is 0.222 e. The summed E-state index contributed by atoms with van der Waals surface area (Å²) in [7, 11) is 0. The number of rotatable bonds is 2. The molecule has 19 heavy (non-hydrogen) atoms. The van der Waals surface area contributed by atoms with Crippen molar-refractivity contribution < 1.29 is 4.79 Å². The van der Waals surface area contributed by atoms with E-state index in [1.54, 1.807) is 0 Å². The Labute approximate surface area is 117 Å². The van der Waals surface area contributed by atoms with Crippen LogP contribution in [0.25, 0.3) is 0 Å². The van der Waals surface area contributed by atoms with Crippen LogP contribution in [0.3, 0.4) is 0 Å². The van der Waals surface area contributed by atoms with Crippen LogP contribution in [-0.4, -0.2) is 37.0 Å². The third kappa shape index (κ3) is 2.96. The standard InChI is InChI=1S/C16H28N2O/c1-13-2-3-14(10-13)11-15(19)18-8-5-16(6-9-18)4-7-17-12-16/h13-14,17H,2-12H2,1H3. The van der Waals surface area contributed by atoms with Gasteiger partial charge in [-0.05, 0) is 55.9 Å². The first-order valence-corrected chi connectivity index (χ1v) is 8.15. The Morgan fingerprint density at radius 2 is 2.05 bits per heavy atom. The quantitative estimate of drug-likeness (QED) is 0.830. The molecule has 1 N–H and O–H groups in total. The van der Waals surface area contributed by atoms with Gasteiger partial charge in [-0.25, -0.2) is 0 Å². The molecule has 3 heteroatoms. The van der Waals surface area contributed by atoms with Crippen LogP contribution < -0.4 is 5.32 Å². The molecular formula is C16H28N2O. The molecule has 2 unspecified atom stereocenters. The first-order chi connectivity index (χ1) is 9.17. The average molecular weight is 264 g/mol. The summed E-state index contributed by atoms with van der Waals surface area (Å²) >= 11 is 0. The van der Waals surface area contributed by atoms with Gasteiger partial charge in [0.25, 0.3) is 0 Å². The number of hydrogen-bond acceptors (Lipinski definition) is 2. The monoisotopic (exact) mass is 264 g/mol. The minimum atomic E-state index is 0.430. The highest BCUT2D eigenvalue weighted by molar-refractivity contribution is 5.76. The molecule has 2 atom stereocenters. The highest BCUT2D eigenvalue weighted by atomic mass is 16.2. The zero-order chi connectivity index (χ0) is 13.3. The number of nitrogens with one attached hydrogen (secondary N) is 1. The fourth-order valence-corrected chi connectivity index (χ4v) is 4.34. The molecule has 2 aliphatic heterocycles. The lowest BCUT2D eigenvalue weighted by molar-refractivity contribution is -0.134. The molecule has 2 heterocycles. The van der Waals surface area contributed by atoms with E-state index in [1.807, 2.05) is 0 Å². The molecule has 108 valence electrons. The second-order valence-corrected chi connectivity index (χ2v) is 7.30. The number of piperidine rings is 1. The third-order valence-corrected chi connectivity index (χ3v) is 5.78. The van der Waals surface area contributed by atoms with Crippen LogP contribution in [0.2, 0.25) is 0 Å². The number of likely N-dealkylation sites (tertiary alicyclic amines) is 1. The van der Waals surface area contributed by atoms with Gasteiger partial charge in [0.15, 0.2) is 0 Å². The van der Waals surface area contributed by atoms with Gasteiger partial charge in [-0.2, -0.15) is 0 Å². The van der Waals surface area contributed by atoms with Crippen molar-refractivity contribution in [3.05, 3.63) is 0 Å². The van der Waals surface area contributed by atoms with Crippen molar-refractivity contribution in [1.82, 2.24) is 10.2 Å². The van der Waals surface area contributed by atoms with Crippen molar-refractivity contribution in [3.63, 3.8) is 0 Å². The summed E-state index contributed by atoms with van der Waals surface area (Å²) in [4.78, 5) is 14.5. The summed E-state index contributed by atoms with van der Waals surface area (Å²) in [5.41, 5.74) is 0.526. The summed E-state index contributed by atoms with van der Waals surface area (Å²) in [6, 6.07) is 0. The van der Waals surface area contributed by atoms with E-state index < -0.39 is 0 Å². The summed E-state index contributed by atoms with van der Waals surface area (Å²) in [6.07, 6.45) is 8.43. The van der Waals surface area contributed by atoms with Crippen LogP contribution >= 0.6 is 0 Å². The Morgan fingerprint density at radius 1 is 1.26 bits per heavy atom. The molecule has 1 amide bonds. The van der Waals surface area contributed by atoms with E-state index in [0.29, 0.717) is 17.2 Å². The Hall–Kier alpha value is -0.570. The van der Waals surface area contributed by atoms with Crippen molar-refractivity contribution in [1.29, 1.82) is 0 Å². The van der Waals surface area contributed by atoms with E-state index in [1.165, 1.54) is 51.6 Å². The molecule has 2 saturated heterocycles. The van der Waals surface area contributed by atoms with Crippen molar-refractivity contribution in [3.8, 4) is 0 Å². The maximum absolute atomic E-state index is 12.4. The molecule has 0 radical (unpaired) electrons. The summed E-state index contributed by atoms with van der Waals surface area (Å²) in [5, 5.41) is 3.49. The van der Waals surface area contributed by atoms with Crippen LogP contribution in [-0.2, 0) is 4.79 Å². The molecule has 3 fully saturated rings. The van der Waals surface area contributed by atoms with Gasteiger partial charge in [0, 0.05) is 26.1 Å². The predicted octanol–water partition coefficient (Wildman–Crippen LogP) is 2.41. The number of hydrogen-bond donors (Lipinski definition) is 1. The van der Waals surface area contributed by atoms with Crippen molar-refractivity contribution >= 4 is 5.91 Å². The zero-order valence-corrected chi connectivity index (χ0v) is 12.3. The molecule has 3 rings (SSSR count). The first-order valence-electron chi connectivity index (χ1n) is 8.15. The molecule has 0 aromatic rings. The molecule has 0 aromatic carbocycles. The second kappa shape index (κ2) is 5.43. The molecule has 1 spiro atoms. The molecule has 1 saturated carbocycles. The number of nitrogens with zero attached hydrogens (tertiary/aromatic N) is 1. The third-order valence-electron chi connectivity index (χ3n) is 5.78. The van der Waals surface area contributed by atoms with E-state index in [0.717, 1.165) is 25.4 Å². The topological polar surface area (TPSA) is 32.3 Å². The van der Waals surface area contributed by atoms with Gasteiger partial charge >= 0.3 is 0 Å². The Kier molecular flexibility index (Phi) is 3.84.